The predicted molar refractivity (Wildman–Crippen MR) is 152 cm³/mol. The Morgan fingerprint density at radius 3 is 1.32 bits per heavy atom. The Balaban J connectivity index is 1.99. The third kappa shape index (κ3) is 4.98. The second-order valence-corrected chi connectivity index (χ2v) is 17.4. The van der Waals surface area contributed by atoms with Crippen molar-refractivity contribution in [3.8, 4) is 11.1 Å². The molecule has 1 nitrogen and oxygen atoms in total. The summed E-state index contributed by atoms with van der Waals surface area (Å²) in [7, 11) is -2.33. The van der Waals surface area contributed by atoms with E-state index in [1.165, 1.54) is 0 Å². The van der Waals surface area contributed by atoms with E-state index in [1.807, 2.05) is 0 Å². The monoisotopic (exact) mass is 751 g/mol. The molecule has 18 heteroatoms. The van der Waals surface area contributed by atoms with Gasteiger partial charge in [0.2, 0.25) is 0 Å². The number of alkyl halides is 2. The minimum absolute atomic E-state index is 0.111. The first-order valence-corrected chi connectivity index (χ1v) is 17.7. The quantitative estimate of drug-likeness (QED) is 0.0713. The van der Waals surface area contributed by atoms with Gasteiger partial charge in [0.15, 0.2) is 81.4 Å². The number of anilines is 2. The number of benzene rings is 4. The van der Waals surface area contributed by atoms with Gasteiger partial charge in [-0.15, -0.1) is 0 Å². The number of halogens is 16. The van der Waals surface area contributed by atoms with Gasteiger partial charge in [-0.25, -0.2) is 61.5 Å². The highest BCUT2D eigenvalue weighted by Crippen LogP contribution is 2.60. The third-order valence-electron chi connectivity index (χ3n) is 9.64. The lowest BCUT2D eigenvalue weighted by Gasteiger charge is -2.33. The summed E-state index contributed by atoms with van der Waals surface area (Å²) >= 11 is 0. The molecule has 0 atom stereocenters. The van der Waals surface area contributed by atoms with Gasteiger partial charge in [-0.3, -0.25) is 0 Å². The van der Waals surface area contributed by atoms with E-state index in [1.54, 1.807) is 20.8 Å². The number of nitrogens with zero attached hydrogens (tertiary/aromatic N) is 1. The van der Waals surface area contributed by atoms with Gasteiger partial charge in [0.25, 0.3) is 0 Å². The number of hydrogen-bond acceptors (Lipinski definition) is 1. The Kier molecular flexibility index (Phi) is 9.45. The van der Waals surface area contributed by atoms with Crippen LogP contribution in [0.25, 0.3) is 21.9 Å². The van der Waals surface area contributed by atoms with Crippen molar-refractivity contribution in [3.05, 3.63) is 92.6 Å². The van der Waals surface area contributed by atoms with Crippen molar-refractivity contribution in [2.24, 2.45) is 0 Å². The standard InChI is InChI=1S/C32H21F16NSi/c1-4-50(5-2,6-3)9-7-8-49(30-13-12(19(36)26(43)28(30)45)18(35)23(40)24(41)20(13)37)31-15-11(17(34)25(42)29(31)46)10-14(32(15,47)48)21(38)27(44)22(39)16(10)33/h4-9H2,1-3H3. The van der Waals surface area contributed by atoms with Crippen LogP contribution in [0.4, 0.5) is 81.6 Å². The van der Waals surface area contributed by atoms with E-state index in [4.69, 9.17) is 0 Å². The van der Waals surface area contributed by atoms with Gasteiger partial charge >= 0.3 is 5.92 Å². The lowest BCUT2D eigenvalue weighted by molar-refractivity contribution is 0.0429. The molecule has 0 unspecified atom stereocenters. The van der Waals surface area contributed by atoms with Crippen LogP contribution < -0.4 is 4.90 Å². The fraction of sp³-hybridized carbons (Fsp3) is 0.312. The zero-order valence-corrected chi connectivity index (χ0v) is 26.7. The Bertz CT molecular complexity index is 2080. The summed E-state index contributed by atoms with van der Waals surface area (Å²) in [6.07, 6.45) is -0.423. The van der Waals surface area contributed by atoms with Crippen LogP contribution in [-0.4, -0.2) is 14.6 Å². The van der Waals surface area contributed by atoms with Crippen LogP contribution in [0.5, 0.6) is 0 Å². The third-order valence-corrected chi connectivity index (χ3v) is 15.6. The summed E-state index contributed by atoms with van der Waals surface area (Å²) in [6, 6.07) is 1.75. The van der Waals surface area contributed by atoms with Gasteiger partial charge < -0.3 is 4.90 Å². The molecule has 0 heterocycles. The molecule has 270 valence electrons. The maximum atomic E-state index is 16.2. The molecule has 0 saturated heterocycles. The zero-order chi connectivity index (χ0) is 37.5. The van der Waals surface area contributed by atoms with Crippen molar-refractivity contribution in [3.63, 3.8) is 0 Å². The van der Waals surface area contributed by atoms with Crippen LogP contribution in [0.1, 0.15) is 38.3 Å². The Hall–Kier alpha value is -3.96. The van der Waals surface area contributed by atoms with Crippen molar-refractivity contribution in [2.45, 2.75) is 57.3 Å². The topological polar surface area (TPSA) is 3.24 Å². The van der Waals surface area contributed by atoms with E-state index in [-0.39, 0.29) is 10.9 Å². The summed E-state index contributed by atoms with van der Waals surface area (Å²) in [5.74, 6) is -43.9. The number of fused-ring (bicyclic) bond motifs is 4. The molecule has 0 amide bonds. The molecule has 1 aliphatic carbocycles. The van der Waals surface area contributed by atoms with E-state index < -0.39 is 153 Å². The summed E-state index contributed by atoms with van der Waals surface area (Å²) in [4.78, 5) is -0.279. The molecule has 0 radical (unpaired) electrons. The molecule has 4 aromatic carbocycles. The summed E-state index contributed by atoms with van der Waals surface area (Å²) in [6.45, 7) is 4.14. The maximum Gasteiger partial charge on any atom is 0.304 e. The normalized spacial score (nSPS) is 13.7. The molecule has 0 N–H and O–H groups in total. The van der Waals surface area contributed by atoms with Crippen LogP contribution in [0.15, 0.2) is 0 Å². The summed E-state index contributed by atoms with van der Waals surface area (Å²) in [5.41, 5.74) is -13.3. The molecule has 5 rings (SSSR count). The minimum Gasteiger partial charge on any atom is -0.336 e. The van der Waals surface area contributed by atoms with E-state index in [2.05, 4.69) is 0 Å². The molecule has 0 bridgehead atoms. The number of hydrogen-bond donors (Lipinski definition) is 0. The highest BCUT2D eigenvalue weighted by Gasteiger charge is 2.55. The minimum atomic E-state index is -5.38. The van der Waals surface area contributed by atoms with Gasteiger partial charge in [-0.05, 0) is 6.42 Å². The summed E-state index contributed by atoms with van der Waals surface area (Å²) in [5, 5.41) is -4.22. The van der Waals surface area contributed by atoms with Gasteiger partial charge in [-0.2, -0.15) is 8.78 Å². The van der Waals surface area contributed by atoms with E-state index in [9.17, 15) is 30.7 Å². The molecule has 0 fully saturated rings. The van der Waals surface area contributed by atoms with Crippen molar-refractivity contribution in [1.82, 2.24) is 0 Å². The van der Waals surface area contributed by atoms with Crippen LogP contribution in [0, 0.1) is 81.4 Å². The molecule has 0 aliphatic heterocycles. The maximum absolute atomic E-state index is 16.2. The lowest BCUT2D eigenvalue weighted by Crippen LogP contribution is -2.33. The molecule has 4 aromatic rings. The average Bonchev–Trinajstić information content (AvgIpc) is 3.34. The van der Waals surface area contributed by atoms with Crippen LogP contribution in [0.3, 0.4) is 0 Å². The first-order valence-electron chi connectivity index (χ1n) is 14.8. The second kappa shape index (κ2) is 12.7. The second-order valence-electron chi connectivity index (χ2n) is 11.7. The predicted octanol–water partition coefficient (Wildman–Crippen LogP) is 11.9. The van der Waals surface area contributed by atoms with Gasteiger partial charge in [0.05, 0.1) is 41.3 Å². The molecule has 1 aliphatic rings. The molecular weight excluding hydrogens is 730 g/mol. The van der Waals surface area contributed by atoms with Crippen molar-refractivity contribution in [1.29, 1.82) is 0 Å². The fourth-order valence-electron chi connectivity index (χ4n) is 6.69. The van der Waals surface area contributed by atoms with E-state index in [0.29, 0.717) is 18.1 Å². The SMILES string of the molecule is CC[Si](CC)(CC)CCCN(c1c(F)c(F)c(F)c2c1C(F)(F)c1c(F)c(F)c(F)c(F)c1-2)c1c(F)c(F)c(F)c2c(F)c(F)c(F)c(F)c12. The molecule has 50 heavy (non-hydrogen) atoms. The smallest absolute Gasteiger partial charge is 0.304 e. The first-order chi connectivity index (χ1) is 23.3. The molecular formula is C32H21F16NSi. The van der Waals surface area contributed by atoms with Gasteiger partial charge in [-0.1, -0.05) is 44.9 Å². The highest BCUT2D eigenvalue weighted by atomic mass is 28.3. The van der Waals surface area contributed by atoms with Crippen LogP contribution >= 0.6 is 0 Å². The van der Waals surface area contributed by atoms with Crippen molar-refractivity contribution in [2.75, 3.05) is 11.4 Å². The zero-order valence-electron chi connectivity index (χ0n) is 25.7. The largest absolute Gasteiger partial charge is 0.336 e. The van der Waals surface area contributed by atoms with E-state index in [0.717, 1.165) is 0 Å². The lowest BCUT2D eigenvalue weighted by atomic mass is 9.98. The first kappa shape index (κ1) is 37.3. The van der Waals surface area contributed by atoms with Gasteiger partial charge in [0, 0.05) is 17.7 Å². The molecule has 0 aromatic heterocycles. The Morgan fingerprint density at radius 1 is 0.440 bits per heavy atom. The fourth-order valence-corrected chi connectivity index (χ4v) is 10.2. The average molecular weight is 752 g/mol. The summed E-state index contributed by atoms with van der Waals surface area (Å²) < 4.78 is 242. The van der Waals surface area contributed by atoms with Crippen molar-refractivity contribution >= 4 is 30.2 Å². The molecule has 0 spiro atoms. The highest BCUT2D eigenvalue weighted by molar-refractivity contribution is 6.79. The van der Waals surface area contributed by atoms with E-state index >= 15 is 39.5 Å². The molecule has 0 saturated carbocycles. The Morgan fingerprint density at radius 2 is 0.820 bits per heavy atom. The van der Waals surface area contributed by atoms with Crippen LogP contribution in [-0.2, 0) is 5.92 Å². The van der Waals surface area contributed by atoms with Gasteiger partial charge in [0.1, 0.15) is 0 Å². The Labute approximate surface area is 273 Å². The number of rotatable bonds is 9. The van der Waals surface area contributed by atoms with Crippen molar-refractivity contribution < 1.29 is 70.2 Å². The van der Waals surface area contributed by atoms with Crippen LogP contribution in [0.2, 0.25) is 24.2 Å².